The summed E-state index contributed by atoms with van der Waals surface area (Å²) >= 11 is 6.52. The maximum atomic E-state index is 6.52. The molecule has 6 nitrogen and oxygen atoms in total. The third kappa shape index (κ3) is 3.05. The van der Waals surface area contributed by atoms with Gasteiger partial charge < -0.3 is 24.1 Å². The first-order valence-corrected chi connectivity index (χ1v) is 11.0. The lowest BCUT2D eigenvalue weighted by Gasteiger charge is -2.46. The molecule has 1 N–H and O–H groups in total. The Hall–Kier alpha value is -2.83. The SMILES string of the molecule is COc1ccc2c(c1)NC1(CCN(Cc3cc4c(cc3Cl)OCO4)CC1)c1cccn1-2. The van der Waals surface area contributed by atoms with Crippen LogP contribution in [0.1, 0.15) is 24.1 Å². The van der Waals surface area contributed by atoms with Crippen molar-refractivity contribution in [2.24, 2.45) is 0 Å². The number of hydrogen-bond acceptors (Lipinski definition) is 5. The van der Waals surface area contributed by atoms with Gasteiger partial charge in [-0.25, -0.2) is 0 Å². The number of rotatable bonds is 3. The van der Waals surface area contributed by atoms with Crippen molar-refractivity contribution in [3.8, 4) is 22.9 Å². The molecule has 31 heavy (non-hydrogen) atoms. The van der Waals surface area contributed by atoms with Crippen LogP contribution in [-0.4, -0.2) is 36.5 Å². The van der Waals surface area contributed by atoms with Gasteiger partial charge >= 0.3 is 0 Å². The average molecular weight is 438 g/mol. The van der Waals surface area contributed by atoms with E-state index in [0.717, 1.165) is 66.0 Å². The molecule has 2 aromatic carbocycles. The van der Waals surface area contributed by atoms with Crippen LogP contribution in [0, 0.1) is 0 Å². The molecule has 1 aromatic heterocycles. The molecule has 0 radical (unpaired) electrons. The van der Waals surface area contributed by atoms with E-state index in [1.54, 1.807) is 7.11 Å². The Morgan fingerprint density at radius 1 is 1.10 bits per heavy atom. The number of hydrogen-bond donors (Lipinski definition) is 1. The summed E-state index contributed by atoms with van der Waals surface area (Å²) in [5.74, 6) is 2.38. The maximum Gasteiger partial charge on any atom is 0.231 e. The molecule has 160 valence electrons. The molecule has 1 fully saturated rings. The lowest BCUT2D eigenvalue weighted by molar-refractivity contribution is 0.161. The van der Waals surface area contributed by atoms with Crippen LogP contribution in [0.5, 0.6) is 17.2 Å². The maximum absolute atomic E-state index is 6.52. The van der Waals surface area contributed by atoms with Crippen molar-refractivity contribution in [2.75, 3.05) is 32.3 Å². The van der Waals surface area contributed by atoms with Gasteiger partial charge in [-0.1, -0.05) is 11.6 Å². The Labute approximate surface area is 186 Å². The third-order valence-electron chi connectivity index (χ3n) is 6.72. The van der Waals surface area contributed by atoms with Crippen molar-refractivity contribution in [2.45, 2.75) is 24.9 Å². The first kappa shape index (κ1) is 18.9. The quantitative estimate of drug-likeness (QED) is 0.638. The number of nitrogens with zero attached hydrogens (tertiary/aromatic N) is 2. The van der Waals surface area contributed by atoms with Crippen molar-refractivity contribution in [3.05, 3.63) is 64.9 Å². The number of aromatic nitrogens is 1. The average Bonchev–Trinajstić information content (AvgIpc) is 3.45. The fourth-order valence-corrected chi connectivity index (χ4v) is 5.26. The van der Waals surface area contributed by atoms with Crippen molar-refractivity contribution < 1.29 is 14.2 Å². The Morgan fingerprint density at radius 2 is 1.90 bits per heavy atom. The smallest absolute Gasteiger partial charge is 0.231 e. The first-order valence-electron chi connectivity index (χ1n) is 10.6. The van der Waals surface area contributed by atoms with E-state index in [1.165, 1.54) is 11.4 Å². The van der Waals surface area contributed by atoms with Gasteiger partial charge in [-0.3, -0.25) is 4.90 Å². The first-order chi connectivity index (χ1) is 15.1. The van der Waals surface area contributed by atoms with Gasteiger partial charge in [-0.05, 0) is 48.7 Å². The Bertz CT molecular complexity index is 1150. The highest BCUT2D eigenvalue weighted by molar-refractivity contribution is 6.31. The number of nitrogens with one attached hydrogen (secondary N) is 1. The number of ether oxygens (including phenoxy) is 3. The minimum atomic E-state index is -0.0853. The standard InChI is InChI=1S/C24H24ClN3O3/c1-29-17-4-5-20-19(12-17)26-24(23-3-2-8-28(20)23)6-9-27(10-7-24)14-16-11-21-22(13-18(16)25)31-15-30-21/h2-5,8,11-13,26H,6-7,9-10,14-15H2,1H3. The Morgan fingerprint density at radius 3 is 2.71 bits per heavy atom. The van der Waals surface area contributed by atoms with Crippen LogP contribution in [-0.2, 0) is 12.1 Å². The molecule has 0 amide bonds. The summed E-state index contributed by atoms with van der Waals surface area (Å²) in [5, 5.41) is 4.60. The molecule has 1 spiro atoms. The zero-order valence-corrected chi connectivity index (χ0v) is 18.1. The van der Waals surface area contributed by atoms with Gasteiger partial charge in [0.15, 0.2) is 11.5 Å². The number of benzene rings is 2. The molecule has 6 rings (SSSR count). The predicted molar refractivity (Wildman–Crippen MR) is 120 cm³/mol. The van der Waals surface area contributed by atoms with E-state index in [-0.39, 0.29) is 12.3 Å². The van der Waals surface area contributed by atoms with Gasteiger partial charge in [-0.15, -0.1) is 0 Å². The van der Waals surface area contributed by atoms with Crippen LogP contribution in [0.15, 0.2) is 48.7 Å². The van der Waals surface area contributed by atoms with Gasteiger partial charge in [0.05, 0.1) is 24.0 Å². The molecule has 0 aliphatic carbocycles. The number of halogens is 1. The molecular weight excluding hydrogens is 414 g/mol. The number of likely N-dealkylation sites (tertiary alicyclic amines) is 1. The highest BCUT2D eigenvalue weighted by Crippen LogP contribution is 2.45. The summed E-state index contributed by atoms with van der Waals surface area (Å²) < 4.78 is 18.7. The van der Waals surface area contributed by atoms with Gasteiger partial charge in [0, 0.05) is 48.7 Å². The molecule has 3 aliphatic rings. The highest BCUT2D eigenvalue weighted by Gasteiger charge is 2.41. The molecule has 3 aliphatic heterocycles. The second kappa shape index (κ2) is 7.11. The fourth-order valence-electron chi connectivity index (χ4n) is 5.05. The number of methoxy groups -OCH3 is 1. The number of fused-ring (bicyclic) bond motifs is 5. The predicted octanol–water partition coefficient (Wildman–Crippen LogP) is 4.78. The lowest BCUT2D eigenvalue weighted by atomic mass is 9.82. The highest BCUT2D eigenvalue weighted by atomic mass is 35.5. The van der Waals surface area contributed by atoms with Gasteiger partial charge in [0.2, 0.25) is 6.79 Å². The summed E-state index contributed by atoms with van der Waals surface area (Å²) in [5.41, 5.74) is 4.61. The van der Waals surface area contributed by atoms with E-state index in [1.807, 2.05) is 18.2 Å². The minimum Gasteiger partial charge on any atom is -0.497 e. The third-order valence-corrected chi connectivity index (χ3v) is 7.07. The molecule has 7 heteroatoms. The fraction of sp³-hybridized carbons (Fsp3) is 0.333. The molecule has 0 bridgehead atoms. The molecule has 4 heterocycles. The van der Waals surface area contributed by atoms with E-state index in [0.29, 0.717) is 0 Å². The topological polar surface area (TPSA) is 47.9 Å². The summed E-state index contributed by atoms with van der Waals surface area (Å²) in [4.78, 5) is 2.46. The van der Waals surface area contributed by atoms with Crippen molar-refractivity contribution in [1.82, 2.24) is 9.47 Å². The molecular formula is C24H24ClN3O3. The van der Waals surface area contributed by atoms with E-state index in [9.17, 15) is 0 Å². The second-order valence-corrected chi connectivity index (χ2v) is 8.83. The molecule has 3 aromatic rings. The largest absolute Gasteiger partial charge is 0.497 e. The molecule has 0 saturated carbocycles. The van der Waals surface area contributed by atoms with Crippen LogP contribution in [0.2, 0.25) is 5.02 Å². The zero-order valence-electron chi connectivity index (χ0n) is 17.4. The monoisotopic (exact) mass is 437 g/mol. The lowest BCUT2D eigenvalue weighted by Crippen LogP contribution is -2.49. The van der Waals surface area contributed by atoms with E-state index >= 15 is 0 Å². The Balaban J connectivity index is 1.24. The van der Waals surface area contributed by atoms with Crippen molar-refractivity contribution in [3.63, 3.8) is 0 Å². The number of piperidine rings is 1. The van der Waals surface area contributed by atoms with Gasteiger partial charge in [0.1, 0.15) is 5.75 Å². The van der Waals surface area contributed by atoms with Crippen LogP contribution in [0.4, 0.5) is 5.69 Å². The van der Waals surface area contributed by atoms with E-state index in [4.69, 9.17) is 25.8 Å². The number of anilines is 1. The van der Waals surface area contributed by atoms with Crippen LogP contribution in [0.25, 0.3) is 5.69 Å². The van der Waals surface area contributed by atoms with Gasteiger partial charge in [0.25, 0.3) is 0 Å². The molecule has 0 unspecified atom stereocenters. The van der Waals surface area contributed by atoms with Crippen molar-refractivity contribution >= 4 is 17.3 Å². The minimum absolute atomic E-state index is 0.0853. The summed E-state index contributed by atoms with van der Waals surface area (Å²) in [7, 11) is 1.71. The molecule has 1 saturated heterocycles. The van der Waals surface area contributed by atoms with Crippen LogP contribution < -0.4 is 19.5 Å². The van der Waals surface area contributed by atoms with Gasteiger partial charge in [-0.2, -0.15) is 0 Å². The summed E-state index contributed by atoms with van der Waals surface area (Å²) in [6.45, 7) is 3.01. The Kier molecular flexibility index (Phi) is 4.33. The normalized spacial score (nSPS) is 18.4. The summed E-state index contributed by atoms with van der Waals surface area (Å²) in [6, 6.07) is 14.5. The summed E-state index contributed by atoms with van der Waals surface area (Å²) in [6.07, 6.45) is 4.17. The zero-order chi connectivity index (χ0) is 21.0. The van der Waals surface area contributed by atoms with E-state index in [2.05, 4.69) is 45.2 Å². The van der Waals surface area contributed by atoms with Crippen LogP contribution in [0.3, 0.4) is 0 Å². The van der Waals surface area contributed by atoms with Crippen molar-refractivity contribution in [1.29, 1.82) is 0 Å². The van der Waals surface area contributed by atoms with Crippen LogP contribution >= 0.6 is 11.6 Å². The molecule has 0 atom stereocenters. The van der Waals surface area contributed by atoms with E-state index < -0.39 is 0 Å². The second-order valence-electron chi connectivity index (χ2n) is 8.43.